The van der Waals surface area contributed by atoms with Gasteiger partial charge in [-0.2, -0.15) is 0 Å². The fourth-order valence-corrected chi connectivity index (χ4v) is 2.98. The second kappa shape index (κ2) is 6.80. The summed E-state index contributed by atoms with van der Waals surface area (Å²) in [5, 5.41) is 2.69. The molecule has 2 rings (SSSR count). The molecule has 23 heavy (non-hydrogen) atoms. The Morgan fingerprint density at radius 1 is 1.13 bits per heavy atom. The van der Waals surface area contributed by atoms with Gasteiger partial charge >= 0.3 is 0 Å². The van der Waals surface area contributed by atoms with E-state index in [0.29, 0.717) is 11.3 Å². The number of anilines is 1. The Bertz CT molecular complexity index is 832. The van der Waals surface area contributed by atoms with Crippen molar-refractivity contribution in [3.63, 3.8) is 0 Å². The molecule has 6 nitrogen and oxygen atoms in total. The quantitative estimate of drug-likeness (QED) is 0.877. The first-order valence-corrected chi connectivity index (χ1v) is 8.35. The lowest BCUT2D eigenvalue weighted by Gasteiger charge is -2.12. The van der Waals surface area contributed by atoms with E-state index in [4.69, 9.17) is 4.74 Å². The first kappa shape index (κ1) is 17.0. The van der Waals surface area contributed by atoms with Gasteiger partial charge in [-0.05, 0) is 44.3 Å². The first-order chi connectivity index (χ1) is 10.9. The van der Waals surface area contributed by atoms with Gasteiger partial charge in [-0.25, -0.2) is 13.1 Å². The summed E-state index contributed by atoms with van der Waals surface area (Å²) in [5.41, 5.74) is 1.83. The van der Waals surface area contributed by atoms with Gasteiger partial charge in [0.25, 0.3) is 5.91 Å². The maximum Gasteiger partial charge on any atom is 0.255 e. The van der Waals surface area contributed by atoms with E-state index < -0.39 is 10.0 Å². The fourth-order valence-electron chi connectivity index (χ4n) is 2.06. The van der Waals surface area contributed by atoms with Crippen LogP contribution in [0.2, 0.25) is 0 Å². The highest BCUT2D eigenvalue weighted by Gasteiger charge is 2.19. The van der Waals surface area contributed by atoms with Crippen LogP contribution in [-0.4, -0.2) is 28.5 Å². The van der Waals surface area contributed by atoms with Gasteiger partial charge in [-0.3, -0.25) is 4.79 Å². The lowest BCUT2D eigenvalue weighted by atomic mass is 10.1. The summed E-state index contributed by atoms with van der Waals surface area (Å²) < 4.78 is 31.4. The lowest BCUT2D eigenvalue weighted by Crippen LogP contribution is -2.20. The van der Waals surface area contributed by atoms with Gasteiger partial charge in [0.1, 0.15) is 10.6 Å². The van der Waals surface area contributed by atoms with Crippen molar-refractivity contribution >= 4 is 21.6 Å². The molecule has 0 spiro atoms. The molecule has 0 aromatic heterocycles. The molecule has 0 heterocycles. The van der Waals surface area contributed by atoms with Crippen LogP contribution in [0.15, 0.2) is 47.4 Å². The molecule has 0 aliphatic rings. The molecular weight excluding hydrogens is 316 g/mol. The Morgan fingerprint density at radius 3 is 2.48 bits per heavy atom. The molecule has 2 N–H and O–H groups in total. The average Bonchev–Trinajstić information content (AvgIpc) is 2.54. The van der Waals surface area contributed by atoms with Crippen LogP contribution in [0.4, 0.5) is 5.69 Å². The summed E-state index contributed by atoms with van der Waals surface area (Å²) in [6.45, 7) is 1.89. The zero-order chi connectivity index (χ0) is 17.0. The maximum absolute atomic E-state index is 12.2. The molecule has 1 amide bonds. The van der Waals surface area contributed by atoms with Crippen LogP contribution in [0.3, 0.4) is 0 Å². The molecular formula is C16H18N2O4S. The number of hydrogen-bond acceptors (Lipinski definition) is 4. The fraction of sp³-hybridized carbons (Fsp3) is 0.188. The van der Waals surface area contributed by atoms with Gasteiger partial charge < -0.3 is 10.1 Å². The predicted molar refractivity (Wildman–Crippen MR) is 88.4 cm³/mol. The van der Waals surface area contributed by atoms with Crippen molar-refractivity contribution in [2.24, 2.45) is 0 Å². The number of amides is 1. The molecule has 0 saturated carbocycles. The number of rotatable bonds is 5. The minimum absolute atomic E-state index is 0.0375. The Morgan fingerprint density at radius 2 is 1.87 bits per heavy atom. The molecule has 0 saturated heterocycles. The van der Waals surface area contributed by atoms with Gasteiger partial charge in [0.15, 0.2) is 0 Å². The summed E-state index contributed by atoms with van der Waals surface area (Å²) in [4.78, 5) is 12.2. The van der Waals surface area contributed by atoms with Crippen molar-refractivity contribution < 1.29 is 17.9 Å². The first-order valence-electron chi connectivity index (χ1n) is 6.87. The summed E-state index contributed by atoms with van der Waals surface area (Å²) >= 11 is 0. The van der Waals surface area contributed by atoms with Crippen molar-refractivity contribution in [1.29, 1.82) is 0 Å². The van der Waals surface area contributed by atoms with Crippen molar-refractivity contribution in [3.05, 3.63) is 53.6 Å². The number of methoxy groups -OCH3 is 1. The van der Waals surface area contributed by atoms with Crippen molar-refractivity contribution in [1.82, 2.24) is 4.72 Å². The second-order valence-corrected chi connectivity index (χ2v) is 6.75. The average molecular weight is 334 g/mol. The molecule has 7 heteroatoms. The van der Waals surface area contributed by atoms with Crippen LogP contribution >= 0.6 is 0 Å². The molecule has 0 aliphatic heterocycles. The highest BCUT2D eigenvalue weighted by Crippen LogP contribution is 2.27. The summed E-state index contributed by atoms with van der Waals surface area (Å²) in [6.07, 6.45) is 0. The van der Waals surface area contributed by atoms with Crippen LogP contribution in [0.1, 0.15) is 15.9 Å². The van der Waals surface area contributed by atoms with E-state index in [0.717, 1.165) is 5.56 Å². The SMILES string of the molecule is CNS(=O)(=O)c1cc(NC(=O)c2cccc(C)c2)ccc1OC. The lowest BCUT2D eigenvalue weighted by molar-refractivity contribution is 0.102. The number of carbonyl (C=O) groups excluding carboxylic acids is 1. The number of benzene rings is 2. The van der Waals surface area contributed by atoms with E-state index in [1.54, 1.807) is 24.3 Å². The van der Waals surface area contributed by atoms with Gasteiger partial charge in [-0.1, -0.05) is 17.7 Å². The van der Waals surface area contributed by atoms with Crippen molar-refractivity contribution in [3.8, 4) is 5.75 Å². The Hall–Kier alpha value is -2.38. The maximum atomic E-state index is 12.2. The van der Waals surface area contributed by atoms with Crippen molar-refractivity contribution in [2.45, 2.75) is 11.8 Å². The number of sulfonamides is 1. The van der Waals surface area contributed by atoms with E-state index in [1.165, 1.54) is 26.3 Å². The highest BCUT2D eigenvalue weighted by atomic mass is 32.2. The minimum Gasteiger partial charge on any atom is -0.495 e. The number of carbonyl (C=O) groups is 1. The summed E-state index contributed by atoms with van der Waals surface area (Å²) in [5.74, 6) is -0.112. The van der Waals surface area contributed by atoms with E-state index in [1.807, 2.05) is 13.0 Å². The molecule has 0 unspecified atom stereocenters. The third kappa shape index (κ3) is 3.88. The minimum atomic E-state index is -3.70. The number of ether oxygens (including phenoxy) is 1. The third-order valence-electron chi connectivity index (χ3n) is 3.26. The third-order valence-corrected chi connectivity index (χ3v) is 4.70. The number of hydrogen-bond donors (Lipinski definition) is 2. The van der Waals surface area contributed by atoms with Crippen LogP contribution in [-0.2, 0) is 10.0 Å². The van der Waals surface area contributed by atoms with Crippen LogP contribution in [0, 0.1) is 6.92 Å². The predicted octanol–water partition coefficient (Wildman–Crippen LogP) is 2.16. The van der Waals surface area contributed by atoms with Gasteiger partial charge in [0.2, 0.25) is 10.0 Å². The highest BCUT2D eigenvalue weighted by molar-refractivity contribution is 7.89. The molecule has 2 aromatic rings. The van der Waals surface area contributed by atoms with Crippen LogP contribution in [0.25, 0.3) is 0 Å². The Labute approximate surface area is 135 Å². The van der Waals surface area contributed by atoms with Crippen LogP contribution < -0.4 is 14.8 Å². The van der Waals surface area contributed by atoms with Gasteiger partial charge in [0.05, 0.1) is 7.11 Å². The standard InChI is InChI=1S/C16H18N2O4S/c1-11-5-4-6-12(9-11)16(19)18-13-7-8-14(22-3)15(10-13)23(20,21)17-2/h4-10,17H,1-3H3,(H,18,19). The molecule has 0 aliphatic carbocycles. The molecule has 122 valence electrons. The largest absolute Gasteiger partial charge is 0.495 e. The van der Waals surface area contributed by atoms with E-state index in [9.17, 15) is 13.2 Å². The van der Waals surface area contributed by atoms with E-state index in [-0.39, 0.29) is 16.6 Å². The molecule has 0 atom stereocenters. The topological polar surface area (TPSA) is 84.5 Å². The molecule has 2 aromatic carbocycles. The summed E-state index contributed by atoms with van der Waals surface area (Å²) in [7, 11) is -1.00. The smallest absolute Gasteiger partial charge is 0.255 e. The summed E-state index contributed by atoms with van der Waals surface area (Å²) in [6, 6.07) is 11.6. The number of aryl methyl sites for hydroxylation is 1. The Kier molecular flexibility index (Phi) is 5.02. The monoisotopic (exact) mass is 334 g/mol. The zero-order valence-electron chi connectivity index (χ0n) is 13.1. The van der Waals surface area contributed by atoms with E-state index in [2.05, 4.69) is 10.0 Å². The van der Waals surface area contributed by atoms with Crippen molar-refractivity contribution in [2.75, 3.05) is 19.5 Å². The molecule has 0 bridgehead atoms. The number of nitrogens with one attached hydrogen (secondary N) is 2. The van der Waals surface area contributed by atoms with Crippen LogP contribution in [0.5, 0.6) is 5.75 Å². The zero-order valence-corrected chi connectivity index (χ0v) is 13.9. The molecule has 0 radical (unpaired) electrons. The molecule has 0 fully saturated rings. The van der Waals surface area contributed by atoms with Gasteiger partial charge in [0, 0.05) is 11.3 Å². The van der Waals surface area contributed by atoms with Gasteiger partial charge in [-0.15, -0.1) is 0 Å². The normalized spacial score (nSPS) is 11.1. The second-order valence-electron chi connectivity index (χ2n) is 4.90. The van der Waals surface area contributed by atoms with E-state index >= 15 is 0 Å². The Balaban J connectivity index is 2.34.